The summed E-state index contributed by atoms with van der Waals surface area (Å²) in [6.45, 7) is 8.16. The van der Waals surface area contributed by atoms with Gasteiger partial charge in [0.05, 0.1) is 59.5 Å². The Morgan fingerprint density at radius 2 is 1.10 bits per heavy atom. The highest BCUT2D eigenvalue weighted by molar-refractivity contribution is 4.64. The maximum absolute atomic E-state index is 8.49. The number of hydrogen-bond donors (Lipinski definition) is 1. The van der Waals surface area contributed by atoms with Gasteiger partial charge in [-0.2, -0.15) is 0 Å². The Bertz CT molecular complexity index is 200. The second-order valence-electron chi connectivity index (χ2n) is 4.72. The molecule has 6 nitrogen and oxygen atoms in total. The molecule has 1 N–H and O–H groups in total. The smallest absolute Gasteiger partial charge is 0.0701 e. The molecule has 0 saturated carbocycles. The molecule has 6 heteroatoms. The van der Waals surface area contributed by atoms with Crippen molar-refractivity contribution < 1.29 is 24.1 Å². The van der Waals surface area contributed by atoms with Crippen molar-refractivity contribution in [1.82, 2.24) is 4.90 Å². The number of aliphatic hydroxyl groups is 1. The molecule has 120 valence electrons. The van der Waals surface area contributed by atoms with Crippen LogP contribution in [-0.4, -0.2) is 89.1 Å². The predicted octanol–water partition coefficient (Wildman–Crippen LogP) is 0.141. The van der Waals surface area contributed by atoms with Crippen molar-refractivity contribution in [3.63, 3.8) is 0 Å². The number of aliphatic hydroxyl groups excluding tert-OH is 1. The van der Waals surface area contributed by atoms with E-state index in [1.54, 1.807) is 0 Å². The third kappa shape index (κ3) is 10.5. The topological polar surface area (TPSA) is 60.4 Å². The highest BCUT2D eigenvalue weighted by Crippen LogP contribution is 2.05. The number of likely N-dealkylation sites (tertiary alicyclic amines) is 1. The highest BCUT2D eigenvalue weighted by atomic mass is 16.6. The Balaban J connectivity index is 1.66. The molecule has 0 amide bonds. The molecule has 0 aromatic carbocycles. The molecule has 0 radical (unpaired) electrons. The zero-order chi connectivity index (χ0) is 14.3. The SMILES string of the molecule is OCCOCCOCCOCCOCCN1CCCC1. The first-order valence-electron chi connectivity index (χ1n) is 7.57. The molecule has 1 aliphatic heterocycles. The normalized spacial score (nSPS) is 16.1. The second kappa shape index (κ2) is 13.7. The number of ether oxygens (including phenoxy) is 4. The fourth-order valence-corrected chi connectivity index (χ4v) is 2.03. The summed E-state index contributed by atoms with van der Waals surface area (Å²) in [5.41, 5.74) is 0. The zero-order valence-corrected chi connectivity index (χ0v) is 12.4. The van der Waals surface area contributed by atoms with E-state index in [-0.39, 0.29) is 6.61 Å². The van der Waals surface area contributed by atoms with Crippen molar-refractivity contribution in [3.8, 4) is 0 Å². The predicted molar refractivity (Wildman–Crippen MR) is 76.0 cm³/mol. The van der Waals surface area contributed by atoms with Crippen LogP contribution in [0, 0.1) is 0 Å². The lowest BCUT2D eigenvalue weighted by Crippen LogP contribution is -2.24. The van der Waals surface area contributed by atoms with Crippen LogP contribution in [0.2, 0.25) is 0 Å². The summed E-state index contributed by atoms with van der Waals surface area (Å²) in [4.78, 5) is 2.44. The molecule has 1 aliphatic rings. The molecule has 1 saturated heterocycles. The Hall–Kier alpha value is -0.240. The highest BCUT2D eigenvalue weighted by Gasteiger charge is 2.09. The van der Waals surface area contributed by atoms with Gasteiger partial charge in [-0.15, -0.1) is 0 Å². The Labute approximate surface area is 121 Å². The summed E-state index contributed by atoms with van der Waals surface area (Å²) in [6, 6.07) is 0. The van der Waals surface area contributed by atoms with Crippen LogP contribution in [-0.2, 0) is 18.9 Å². The Morgan fingerprint density at radius 3 is 1.60 bits per heavy atom. The molecular formula is C14H29NO5. The Morgan fingerprint density at radius 1 is 0.650 bits per heavy atom. The van der Waals surface area contributed by atoms with E-state index in [1.165, 1.54) is 25.9 Å². The number of nitrogens with zero attached hydrogens (tertiary/aromatic N) is 1. The molecule has 1 rings (SSSR count). The van der Waals surface area contributed by atoms with Gasteiger partial charge < -0.3 is 29.0 Å². The van der Waals surface area contributed by atoms with Gasteiger partial charge in [0.25, 0.3) is 0 Å². The minimum absolute atomic E-state index is 0.0564. The van der Waals surface area contributed by atoms with E-state index in [0.29, 0.717) is 46.2 Å². The maximum atomic E-state index is 8.49. The maximum Gasteiger partial charge on any atom is 0.0701 e. The van der Waals surface area contributed by atoms with Crippen LogP contribution in [0.5, 0.6) is 0 Å². The van der Waals surface area contributed by atoms with E-state index in [9.17, 15) is 0 Å². The van der Waals surface area contributed by atoms with Crippen LogP contribution in [0.3, 0.4) is 0 Å². The molecule has 0 aromatic heterocycles. The van der Waals surface area contributed by atoms with Gasteiger partial charge in [0.15, 0.2) is 0 Å². The van der Waals surface area contributed by atoms with E-state index in [0.717, 1.165) is 13.2 Å². The summed E-state index contributed by atoms with van der Waals surface area (Å²) in [5, 5.41) is 8.49. The van der Waals surface area contributed by atoms with Gasteiger partial charge in [0.1, 0.15) is 0 Å². The molecular weight excluding hydrogens is 262 g/mol. The minimum atomic E-state index is 0.0564. The summed E-state index contributed by atoms with van der Waals surface area (Å²) in [7, 11) is 0. The molecule has 20 heavy (non-hydrogen) atoms. The van der Waals surface area contributed by atoms with Crippen molar-refractivity contribution in [2.45, 2.75) is 12.8 Å². The fraction of sp³-hybridized carbons (Fsp3) is 1.00. The van der Waals surface area contributed by atoms with Gasteiger partial charge in [-0.25, -0.2) is 0 Å². The lowest BCUT2D eigenvalue weighted by atomic mass is 10.4. The van der Waals surface area contributed by atoms with Crippen molar-refractivity contribution in [2.75, 3.05) is 79.1 Å². The van der Waals surface area contributed by atoms with Gasteiger partial charge in [0, 0.05) is 6.54 Å². The lowest BCUT2D eigenvalue weighted by Gasteiger charge is -2.14. The van der Waals surface area contributed by atoms with E-state index in [2.05, 4.69) is 4.90 Å². The van der Waals surface area contributed by atoms with Gasteiger partial charge in [-0.05, 0) is 25.9 Å². The molecule has 1 fully saturated rings. The lowest BCUT2D eigenvalue weighted by molar-refractivity contribution is -0.00679. The summed E-state index contributed by atoms with van der Waals surface area (Å²) >= 11 is 0. The largest absolute Gasteiger partial charge is 0.394 e. The third-order valence-corrected chi connectivity index (χ3v) is 3.10. The molecule has 0 spiro atoms. The van der Waals surface area contributed by atoms with Crippen LogP contribution in [0.1, 0.15) is 12.8 Å². The van der Waals surface area contributed by atoms with E-state index >= 15 is 0 Å². The first-order valence-corrected chi connectivity index (χ1v) is 7.57. The van der Waals surface area contributed by atoms with Crippen molar-refractivity contribution in [1.29, 1.82) is 0 Å². The zero-order valence-electron chi connectivity index (χ0n) is 12.4. The van der Waals surface area contributed by atoms with Crippen LogP contribution in [0.15, 0.2) is 0 Å². The third-order valence-electron chi connectivity index (χ3n) is 3.10. The van der Waals surface area contributed by atoms with Crippen LogP contribution in [0.4, 0.5) is 0 Å². The van der Waals surface area contributed by atoms with E-state index in [1.807, 2.05) is 0 Å². The van der Waals surface area contributed by atoms with Gasteiger partial charge in [-0.1, -0.05) is 0 Å². The van der Waals surface area contributed by atoms with Crippen LogP contribution >= 0.6 is 0 Å². The molecule has 0 unspecified atom stereocenters. The van der Waals surface area contributed by atoms with Crippen molar-refractivity contribution in [3.05, 3.63) is 0 Å². The van der Waals surface area contributed by atoms with Crippen LogP contribution < -0.4 is 0 Å². The van der Waals surface area contributed by atoms with Gasteiger partial charge in [-0.3, -0.25) is 0 Å². The van der Waals surface area contributed by atoms with E-state index < -0.39 is 0 Å². The number of rotatable bonds is 14. The molecule has 0 bridgehead atoms. The fourth-order valence-electron chi connectivity index (χ4n) is 2.03. The van der Waals surface area contributed by atoms with E-state index in [4.69, 9.17) is 24.1 Å². The molecule has 0 aromatic rings. The van der Waals surface area contributed by atoms with Crippen molar-refractivity contribution >= 4 is 0 Å². The number of hydrogen-bond acceptors (Lipinski definition) is 6. The molecule has 0 aliphatic carbocycles. The summed E-state index contributed by atoms with van der Waals surface area (Å²) in [5.74, 6) is 0. The quantitative estimate of drug-likeness (QED) is 0.459. The molecule has 1 heterocycles. The average molecular weight is 291 g/mol. The van der Waals surface area contributed by atoms with Crippen LogP contribution in [0.25, 0.3) is 0 Å². The monoisotopic (exact) mass is 291 g/mol. The second-order valence-corrected chi connectivity index (χ2v) is 4.72. The Kier molecular flexibility index (Phi) is 12.2. The van der Waals surface area contributed by atoms with Gasteiger partial charge in [0.2, 0.25) is 0 Å². The minimum Gasteiger partial charge on any atom is -0.394 e. The summed E-state index contributed by atoms with van der Waals surface area (Å²) in [6.07, 6.45) is 2.66. The van der Waals surface area contributed by atoms with Gasteiger partial charge >= 0.3 is 0 Å². The average Bonchev–Trinajstić information content (AvgIpc) is 2.97. The standard InChI is InChI=1S/C14H29NO5/c16-6-8-18-10-12-20-14-13-19-11-9-17-7-5-15-3-1-2-4-15/h16H,1-14H2. The van der Waals surface area contributed by atoms with Crippen molar-refractivity contribution in [2.24, 2.45) is 0 Å². The first kappa shape index (κ1) is 17.8. The first-order chi connectivity index (χ1) is 9.93. The molecule has 0 atom stereocenters. The summed E-state index contributed by atoms with van der Waals surface area (Å²) < 4.78 is 21.3.